The van der Waals surface area contributed by atoms with Crippen molar-refractivity contribution in [3.05, 3.63) is 29.8 Å². The molecule has 1 aromatic rings. The molecule has 1 heterocycles. The Morgan fingerprint density at radius 2 is 2.16 bits per heavy atom. The minimum Gasteiger partial charge on any atom is -0.494 e. The Morgan fingerprint density at radius 1 is 1.37 bits per heavy atom. The van der Waals surface area contributed by atoms with E-state index in [4.69, 9.17) is 9.47 Å². The van der Waals surface area contributed by atoms with Crippen LogP contribution in [0.5, 0.6) is 5.75 Å². The van der Waals surface area contributed by atoms with Gasteiger partial charge in [-0.15, -0.1) is 0 Å². The van der Waals surface area contributed by atoms with E-state index in [0.29, 0.717) is 18.8 Å². The summed E-state index contributed by atoms with van der Waals surface area (Å²) in [4.78, 5) is 0. The van der Waals surface area contributed by atoms with Crippen LogP contribution in [0.4, 0.5) is 0 Å². The topological polar surface area (TPSA) is 30.5 Å². The SMILES string of the molecule is CCOc1ccc(C(C)NCCC2CCCO2)cc1. The molecule has 1 aromatic carbocycles. The summed E-state index contributed by atoms with van der Waals surface area (Å²) in [5.41, 5.74) is 1.30. The van der Waals surface area contributed by atoms with Gasteiger partial charge in [0, 0.05) is 12.6 Å². The normalized spacial score (nSPS) is 20.4. The molecule has 3 nitrogen and oxygen atoms in total. The zero-order chi connectivity index (χ0) is 13.5. The van der Waals surface area contributed by atoms with Gasteiger partial charge in [0.05, 0.1) is 12.7 Å². The fourth-order valence-electron chi connectivity index (χ4n) is 2.47. The molecule has 0 radical (unpaired) electrons. The summed E-state index contributed by atoms with van der Waals surface area (Å²) < 4.78 is 11.1. The fourth-order valence-corrected chi connectivity index (χ4v) is 2.47. The first-order valence-electron chi connectivity index (χ1n) is 7.37. The van der Waals surface area contributed by atoms with Crippen molar-refractivity contribution < 1.29 is 9.47 Å². The van der Waals surface area contributed by atoms with Crippen LogP contribution in [-0.2, 0) is 4.74 Å². The van der Waals surface area contributed by atoms with Crippen LogP contribution in [0.3, 0.4) is 0 Å². The molecule has 0 aliphatic carbocycles. The predicted octanol–water partition coefficient (Wildman–Crippen LogP) is 3.31. The van der Waals surface area contributed by atoms with E-state index >= 15 is 0 Å². The molecule has 1 aliphatic rings. The second-order valence-corrected chi connectivity index (χ2v) is 5.10. The van der Waals surface area contributed by atoms with Crippen molar-refractivity contribution in [3.63, 3.8) is 0 Å². The van der Waals surface area contributed by atoms with E-state index in [1.807, 2.05) is 19.1 Å². The van der Waals surface area contributed by atoms with Crippen LogP contribution in [0, 0.1) is 0 Å². The van der Waals surface area contributed by atoms with E-state index in [2.05, 4.69) is 24.4 Å². The maximum absolute atomic E-state index is 5.63. The van der Waals surface area contributed by atoms with Crippen molar-refractivity contribution in [2.75, 3.05) is 19.8 Å². The Kier molecular flexibility index (Phi) is 5.67. The highest BCUT2D eigenvalue weighted by atomic mass is 16.5. The summed E-state index contributed by atoms with van der Waals surface area (Å²) >= 11 is 0. The third-order valence-corrected chi connectivity index (χ3v) is 3.63. The number of benzene rings is 1. The molecule has 3 heteroatoms. The molecule has 0 amide bonds. The lowest BCUT2D eigenvalue weighted by Gasteiger charge is -2.16. The summed E-state index contributed by atoms with van der Waals surface area (Å²) in [6.45, 7) is 6.88. The Balaban J connectivity index is 1.73. The lowest BCUT2D eigenvalue weighted by atomic mass is 10.1. The molecule has 1 fully saturated rings. The molecule has 1 N–H and O–H groups in total. The molecule has 2 rings (SSSR count). The van der Waals surface area contributed by atoms with Crippen LogP contribution in [-0.4, -0.2) is 25.9 Å². The van der Waals surface area contributed by atoms with Gasteiger partial charge in [-0.05, 0) is 57.4 Å². The molecular weight excluding hydrogens is 238 g/mol. The van der Waals surface area contributed by atoms with Crippen LogP contribution in [0.25, 0.3) is 0 Å². The van der Waals surface area contributed by atoms with Gasteiger partial charge in [0.15, 0.2) is 0 Å². The van der Waals surface area contributed by atoms with Crippen LogP contribution < -0.4 is 10.1 Å². The standard InChI is InChI=1S/C16H25NO2/c1-3-18-16-8-6-14(7-9-16)13(2)17-11-10-15-5-4-12-19-15/h6-9,13,15,17H,3-5,10-12H2,1-2H3. The zero-order valence-corrected chi connectivity index (χ0v) is 12.0. The van der Waals surface area contributed by atoms with E-state index in [1.54, 1.807) is 0 Å². The molecule has 0 spiro atoms. The first-order valence-corrected chi connectivity index (χ1v) is 7.37. The largest absolute Gasteiger partial charge is 0.494 e. The van der Waals surface area contributed by atoms with Crippen molar-refractivity contribution in [1.29, 1.82) is 0 Å². The maximum Gasteiger partial charge on any atom is 0.119 e. The van der Waals surface area contributed by atoms with Crippen molar-refractivity contribution in [3.8, 4) is 5.75 Å². The second kappa shape index (κ2) is 7.51. The van der Waals surface area contributed by atoms with Crippen molar-refractivity contribution in [2.24, 2.45) is 0 Å². The van der Waals surface area contributed by atoms with Gasteiger partial charge in [0.1, 0.15) is 5.75 Å². The number of hydrogen-bond donors (Lipinski definition) is 1. The molecule has 2 atom stereocenters. The van der Waals surface area contributed by atoms with Crippen molar-refractivity contribution in [1.82, 2.24) is 5.32 Å². The van der Waals surface area contributed by atoms with Gasteiger partial charge in [0.25, 0.3) is 0 Å². The number of nitrogens with one attached hydrogen (secondary N) is 1. The Bertz CT molecular complexity index is 358. The van der Waals surface area contributed by atoms with Gasteiger partial charge in [-0.3, -0.25) is 0 Å². The summed E-state index contributed by atoms with van der Waals surface area (Å²) in [5.74, 6) is 0.942. The highest BCUT2D eigenvalue weighted by Crippen LogP contribution is 2.18. The third-order valence-electron chi connectivity index (χ3n) is 3.63. The smallest absolute Gasteiger partial charge is 0.119 e. The molecule has 106 valence electrons. The first-order chi connectivity index (χ1) is 9.29. The molecular formula is C16H25NO2. The van der Waals surface area contributed by atoms with E-state index in [-0.39, 0.29) is 0 Å². The molecule has 0 aromatic heterocycles. The number of rotatable bonds is 7. The number of ether oxygens (including phenoxy) is 2. The molecule has 1 saturated heterocycles. The van der Waals surface area contributed by atoms with Crippen molar-refractivity contribution in [2.45, 2.75) is 45.3 Å². The van der Waals surface area contributed by atoms with Crippen LogP contribution in [0.1, 0.15) is 44.7 Å². The Labute approximate surface area is 116 Å². The molecule has 0 saturated carbocycles. The van der Waals surface area contributed by atoms with Crippen LogP contribution >= 0.6 is 0 Å². The van der Waals surface area contributed by atoms with E-state index < -0.39 is 0 Å². The van der Waals surface area contributed by atoms with Gasteiger partial charge in [-0.2, -0.15) is 0 Å². The first kappa shape index (κ1) is 14.4. The van der Waals surface area contributed by atoms with E-state index in [0.717, 1.165) is 25.3 Å². The summed E-state index contributed by atoms with van der Waals surface area (Å²) in [6, 6.07) is 8.72. The Hall–Kier alpha value is -1.06. The van der Waals surface area contributed by atoms with Gasteiger partial charge in [-0.25, -0.2) is 0 Å². The molecule has 0 bridgehead atoms. The van der Waals surface area contributed by atoms with Gasteiger partial charge < -0.3 is 14.8 Å². The van der Waals surface area contributed by atoms with E-state index in [9.17, 15) is 0 Å². The highest BCUT2D eigenvalue weighted by molar-refractivity contribution is 5.28. The highest BCUT2D eigenvalue weighted by Gasteiger charge is 2.15. The van der Waals surface area contributed by atoms with Gasteiger partial charge >= 0.3 is 0 Å². The lowest BCUT2D eigenvalue weighted by molar-refractivity contribution is 0.103. The monoisotopic (exact) mass is 263 g/mol. The average Bonchev–Trinajstić information content (AvgIpc) is 2.93. The maximum atomic E-state index is 5.63. The second-order valence-electron chi connectivity index (χ2n) is 5.10. The summed E-state index contributed by atoms with van der Waals surface area (Å²) in [5, 5.41) is 3.56. The van der Waals surface area contributed by atoms with Crippen LogP contribution in [0.2, 0.25) is 0 Å². The third kappa shape index (κ3) is 4.51. The molecule has 19 heavy (non-hydrogen) atoms. The fraction of sp³-hybridized carbons (Fsp3) is 0.625. The predicted molar refractivity (Wildman–Crippen MR) is 77.6 cm³/mol. The Morgan fingerprint density at radius 3 is 2.79 bits per heavy atom. The van der Waals surface area contributed by atoms with Gasteiger partial charge in [0.2, 0.25) is 0 Å². The number of hydrogen-bond acceptors (Lipinski definition) is 3. The molecule has 1 aliphatic heterocycles. The lowest BCUT2D eigenvalue weighted by Crippen LogP contribution is -2.23. The van der Waals surface area contributed by atoms with Gasteiger partial charge in [-0.1, -0.05) is 12.1 Å². The zero-order valence-electron chi connectivity index (χ0n) is 12.0. The summed E-state index contributed by atoms with van der Waals surface area (Å²) in [6.07, 6.45) is 4.03. The summed E-state index contributed by atoms with van der Waals surface area (Å²) in [7, 11) is 0. The van der Waals surface area contributed by atoms with E-state index in [1.165, 1.54) is 18.4 Å². The quantitative estimate of drug-likeness (QED) is 0.818. The minimum absolute atomic E-state index is 0.372. The average molecular weight is 263 g/mol. The molecule has 2 unspecified atom stereocenters. The minimum atomic E-state index is 0.372. The van der Waals surface area contributed by atoms with Crippen molar-refractivity contribution >= 4 is 0 Å². The van der Waals surface area contributed by atoms with Crippen LogP contribution in [0.15, 0.2) is 24.3 Å².